The maximum Gasteiger partial charge on any atom is 1.00 e. The summed E-state index contributed by atoms with van der Waals surface area (Å²) < 4.78 is 132. The molecule has 2 aromatic carbocycles. The predicted octanol–water partition coefficient (Wildman–Crippen LogP) is -6.61. The molecular formula is C13H8N2Na2O12S4. The number of fused-ring (bicyclic) bond motifs is 1. The Labute approximate surface area is 231 Å². The fraction of sp³-hybridized carbons (Fsp3) is 0. The minimum absolute atomic E-state index is 0. The number of para-hydroxylation sites is 1. The van der Waals surface area contributed by atoms with Crippen molar-refractivity contribution in [3.8, 4) is 5.75 Å². The quantitative estimate of drug-likeness (QED) is 0.163. The Balaban J connectivity index is 0.00000272. The first-order chi connectivity index (χ1) is 14.0. The van der Waals surface area contributed by atoms with E-state index in [2.05, 4.69) is 4.98 Å². The van der Waals surface area contributed by atoms with Crippen molar-refractivity contribution in [2.45, 2.75) is 19.8 Å². The van der Waals surface area contributed by atoms with Gasteiger partial charge in [0, 0.05) is 0 Å². The van der Waals surface area contributed by atoms with Gasteiger partial charge in [-0.25, -0.2) is 21.8 Å². The summed E-state index contributed by atoms with van der Waals surface area (Å²) in [5.41, 5.74) is -1.99. The summed E-state index contributed by atoms with van der Waals surface area (Å²) in [6.45, 7) is 0. The van der Waals surface area contributed by atoms with Gasteiger partial charge in [-0.3, -0.25) is 4.55 Å². The zero-order chi connectivity index (χ0) is 23.4. The topological polar surface area (TPSA) is 241 Å². The second kappa shape index (κ2) is 10.2. The molecule has 0 spiro atoms. The van der Waals surface area contributed by atoms with Gasteiger partial charge in [0.2, 0.25) is 0 Å². The Kier molecular flexibility index (Phi) is 9.38. The maximum atomic E-state index is 12.4. The van der Waals surface area contributed by atoms with Gasteiger partial charge in [-0.05, 0) is 18.2 Å². The molecule has 33 heavy (non-hydrogen) atoms. The van der Waals surface area contributed by atoms with Gasteiger partial charge >= 0.3 is 69.2 Å². The van der Waals surface area contributed by atoms with Crippen LogP contribution in [-0.2, 0) is 40.5 Å². The van der Waals surface area contributed by atoms with Crippen LogP contribution < -0.4 is 63.3 Å². The van der Waals surface area contributed by atoms with Gasteiger partial charge in [-0.1, -0.05) is 18.2 Å². The van der Waals surface area contributed by atoms with Crippen LogP contribution in [0, 0.1) is 0 Å². The summed E-state index contributed by atoms with van der Waals surface area (Å²) >= 11 is 0. The van der Waals surface area contributed by atoms with Crippen molar-refractivity contribution in [2.24, 2.45) is 0 Å². The van der Waals surface area contributed by atoms with Crippen molar-refractivity contribution in [2.75, 3.05) is 0 Å². The van der Waals surface area contributed by atoms with E-state index in [4.69, 9.17) is 4.18 Å². The summed E-state index contributed by atoms with van der Waals surface area (Å²) in [5, 5.41) is -1.15. The van der Waals surface area contributed by atoms with Crippen LogP contribution in [0.1, 0.15) is 0 Å². The van der Waals surface area contributed by atoms with Gasteiger partial charge in [-0.2, -0.15) is 16.8 Å². The molecular weight excluding hydrogens is 550 g/mol. The maximum absolute atomic E-state index is 12.4. The molecule has 0 fully saturated rings. The molecule has 0 saturated heterocycles. The number of benzene rings is 2. The van der Waals surface area contributed by atoms with E-state index in [9.17, 15) is 47.3 Å². The van der Waals surface area contributed by atoms with Crippen LogP contribution in [0.3, 0.4) is 0 Å². The number of imidazole rings is 1. The molecule has 1 aromatic heterocycles. The Morgan fingerprint density at radius 3 is 1.82 bits per heavy atom. The zero-order valence-corrected chi connectivity index (χ0v) is 23.7. The first kappa shape index (κ1) is 30.4. The van der Waals surface area contributed by atoms with E-state index in [1.807, 2.05) is 4.98 Å². The standard InChI is InChI=1S/C13H10N2O12S4.2Na/c16-28(17,18)9-6-8-10(12(30(22,23)24)11(9)29(19,20)21)15-13(14-8)31(25,26)27-7-4-2-1-3-5-7;;/h1-6H,(H,14,15)(H,16,17,18)(H,19,20,21)(H,22,23,24);;/q;2*+1/p-2. The predicted molar refractivity (Wildman–Crippen MR) is 96.1 cm³/mol. The normalized spacial score (nSPS) is 12.6. The van der Waals surface area contributed by atoms with E-state index in [1.54, 1.807) is 0 Å². The van der Waals surface area contributed by atoms with Crippen LogP contribution in [0.15, 0.2) is 56.2 Å². The van der Waals surface area contributed by atoms with Gasteiger partial charge in [0.1, 0.15) is 41.3 Å². The fourth-order valence-electron chi connectivity index (χ4n) is 2.48. The Hall–Kier alpha value is -0.610. The second-order valence-electron chi connectivity index (χ2n) is 5.70. The zero-order valence-electron chi connectivity index (χ0n) is 16.5. The van der Waals surface area contributed by atoms with Crippen LogP contribution in [0.4, 0.5) is 0 Å². The molecule has 1 heterocycles. The number of hydrogen-bond acceptors (Lipinski definition) is 12. The number of rotatable bonds is 6. The third-order valence-electron chi connectivity index (χ3n) is 3.59. The molecule has 0 aliphatic carbocycles. The van der Waals surface area contributed by atoms with Gasteiger partial charge < -0.3 is 18.3 Å². The van der Waals surface area contributed by atoms with Crippen LogP contribution in [0.2, 0.25) is 0 Å². The molecule has 3 rings (SSSR count). The Morgan fingerprint density at radius 1 is 0.848 bits per heavy atom. The van der Waals surface area contributed by atoms with Gasteiger partial charge in [0.15, 0.2) is 0 Å². The molecule has 0 radical (unpaired) electrons. The van der Waals surface area contributed by atoms with E-state index in [-0.39, 0.29) is 70.9 Å². The molecule has 0 bridgehead atoms. The third-order valence-corrected chi connectivity index (χ3v) is 7.63. The van der Waals surface area contributed by atoms with Crippen molar-refractivity contribution in [3.63, 3.8) is 0 Å². The number of nitrogens with one attached hydrogen (secondary N) is 1. The summed E-state index contributed by atoms with van der Waals surface area (Å²) in [4.78, 5) is -0.540. The first-order valence-electron chi connectivity index (χ1n) is 7.47. The summed E-state index contributed by atoms with van der Waals surface area (Å²) in [7, 11) is -22.4. The number of hydrogen-bond donors (Lipinski definition) is 2. The van der Waals surface area contributed by atoms with Crippen molar-refractivity contribution in [1.82, 2.24) is 9.97 Å². The average molecular weight is 558 g/mol. The van der Waals surface area contributed by atoms with Crippen LogP contribution in [0.5, 0.6) is 5.75 Å². The molecule has 0 saturated carbocycles. The first-order valence-corrected chi connectivity index (χ1v) is 13.1. The monoisotopic (exact) mass is 558 g/mol. The Morgan fingerprint density at radius 2 is 1.36 bits per heavy atom. The molecule has 0 atom stereocenters. The average Bonchev–Trinajstić information content (AvgIpc) is 3.03. The van der Waals surface area contributed by atoms with E-state index >= 15 is 0 Å². The molecule has 0 aliphatic rings. The van der Waals surface area contributed by atoms with E-state index in [0.29, 0.717) is 0 Å². The van der Waals surface area contributed by atoms with Crippen LogP contribution in [-0.4, -0.2) is 57.3 Å². The molecule has 14 nitrogen and oxygen atoms in total. The molecule has 2 N–H and O–H groups in total. The number of aromatic nitrogens is 2. The van der Waals surface area contributed by atoms with Crippen LogP contribution in [0.25, 0.3) is 11.0 Å². The minimum atomic E-state index is -6.00. The SMILES string of the molecule is O=S(=O)([O-])c1c(S(=O)(=O)O)cc2[nH]c(S(=O)(=O)Oc3ccccc3)nc2c1S(=O)(=O)[O-].[Na+].[Na+]. The van der Waals surface area contributed by atoms with Crippen molar-refractivity contribution >= 4 is 51.5 Å². The van der Waals surface area contributed by atoms with Gasteiger partial charge in [0.05, 0.1) is 10.4 Å². The smallest absolute Gasteiger partial charge is 0.744 e. The van der Waals surface area contributed by atoms with Crippen molar-refractivity contribution < 1.29 is 111 Å². The van der Waals surface area contributed by atoms with E-state index in [0.717, 1.165) is 0 Å². The van der Waals surface area contributed by atoms with E-state index < -0.39 is 71.3 Å². The number of H-pyrrole nitrogens is 1. The summed E-state index contributed by atoms with van der Waals surface area (Å²) in [5.74, 6) is -0.207. The van der Waals surface area contributed by atoms with E-state index in [1.165, 1.54) is 30.3 Å². The fourth-order valence-corrected chi connectivity index (χ4v) is 6.62. The van der Waals surface area contributed by atoms with Gasteiger partial charge in [-0.15, -0.1) is 0 Å². The molecule has 0 amide bonds. The van der Waals surface area contributed by atoms with Crippen molar-refractivity contribution in [1.29, 1.82) is 0 Å². The summed E-state index contributed by atoms with van der Waals surface area (Å²) in [6, 6.07) is 7.05. The second-order valence-corrected chi connectivity index (χ2v) is 11.2. The van der Waals surface area contributed by atoms with Gasteiger partial charge in [0.25, 0.3) is 15.3 Å². The molecule has 3 aromatic rings. The third kappa shape index (κ3) is 6.54. The Bertz CT molecular complexity index is 1630. The van der Waals surface area contributed by atoms with Crippen LogP contribution >= 0.6 is 0 Å². The number of aromatic amines is 1. The molecule has 20 heteroatoms. The largest absolute Gasteiger partial charge is 1.00 e. The summed E-state index contributed by atoms with van der Waals surface area (Å²) in [6.07, 6.45) is 0. The van der Waals surface area contributed by atoms with Crippen molar-refractivity contribution in [3.05, 3.63) is 36.4 Å². The molecule has 0 unspecified atom stereocenters. The molecule has 0 aliphatic heterocycles. The minimum Gasteiger partial charge on any atom is -0.744 e. The molecule has 168 valence electrons. The number of nitrogens with zero attached hydrogens (tertiary/aromatic N) is 1.